The van der Waals surface area contributed by atoms with E-state index in [2.05, 4.69) is 11.4 Å². The SMILES string of the molecule is CSC1=C(C#N)[C@@H](c2ccc(Cl)cc2)C(C(=O)OC(C)C)=C(C)N1. The molecule has 1 aromatic carbocycles. The van der Waals surface area contributed by atoms with Crippen LogP contribution in [-0.2, 0) is 9.53 Å². The second-order valence-corrected chi connectivity index (χ2v) is 6.91. The Morgan fingerprint density at radius 1 is 1.38 bits per heavy atom. The fraction of sp³-hybridized carbons (Fsp3) is 0.333. The topological polar surface area (TPSA) is 62.1 Å². The zero-order valence-corrected chi connectivity index (χ0v) is 15.6. The molecule has 1 aromatic rings. The number of carbonyl (C=O) groups is 1. The summed E-state index contributed by atoms with van der Waals surface area (Å²) in [5.74, 6) is -0.884. The predicted molar refractivity (Wildman–Crippen MR) is 97.4 cm³/mol. The number of ether oxygens (including phenoxy) is 1. The number of allylic oxidation sites excluding steroid dienone is 2. The van der Waals surface area contributed by atoms with Gasteiger partial charge in [-0.2, -0.15) is 5.26 Å². The highest BCUT2D eigenvalue weighted by Gasteiger charge is 2.35. The number of benzene rings is 1. The van der Waals surface area contributed by atoms with Crippen LogP contribution in [0.5, 0.6) is 0 Å². The van der Waals surface area contributed by atoms with Crippen molar-refractivity contribution in [2.75, 3.05) is 6.26 Å². The maximum Gasteiger partial charge on any atom is 0.337 e. The fourth-order valence-electron chi connectivity index (χ4n) is 2.61. The van der Waals surface area contributed by atoms with Crippen LogP contribution in [0.1, 0.15) is 32.3 Å². The number of carbonyl (C=O) groups excluding carboxylic acids is 1. The van der Waals surface area contributed by atoms with Gasteiger partial charge in [-0.15, -0.1) is 11.8 Å². The van der Waals surface area contributed by atoms with E-state index in [9.17, 15) is 10.1 Å². The minimum atomic E-state index is -0.470. The zero-order chi connectivity index (χ0) is 17.9. The Bertz CT molecular complexity index is 745. The Morgan fingerprint density at radius 2 is 2.00 bits per heavy atom. The third-order valence-corrected chi connectivity index (χ3v) is 4.60. The van der Waals surface area contributed by atoms with E-state index >= 15 is 0 Å². The van der Waals surface area contributed by atoms with Crippen LogP contribution in [0.3, 0.4) is 0 Å². The van der Waals surface area contributed by atoms with Gasteiger partial charge in [0.05, 0.1) is 34.3 Å². The lowest BCUT2D eigenvalue weighted by Gasteiger charge is -2.29. The lowest BCUT2D eigenvalue weighted by Crippen LogP contribution is -2.29. The maximum absolute atomic E-state index is 12.6. The average molecular weight is 363 g/mol. The second-order valence-electron chi connectivity index (χ2n) is 5.66. The number of esters is 1. The Morgan fingerprint density at radius 3 is 2.50 bits per heavy atom. The van der Waals surface area contributed by atoms with Gasteiger partial charge < -0.3 is 10.1 Å². The van der Waals surface area contributed by atoms with Crippen molar-refractivity contribution in [2.45, 2.75) is 32.8 Å². The molecule has 1 aliphatic heterocycles. The quantitative estimate of drug-likeness (QED) is 0.807. The van der Waals surface area contributed by atoms with E-state index in [1.54, 1.807) is 26.0 Å². The van der Waals surface area contributed by atoms with Crippen molar-refractivity contribution in [3.8, 4) is 6.07 Å². The van der Waals surface area contributed by atoms with E-state index in [0.29, 0.717) is 21.9 Å². The second kappa shape index (κ2) is 7.78. The van der Waals surface area contributed by atoms with Gasteiger partial charge >= 0.3 is 5.97 Å². The summed E-state index contributed by atoms with van der Waals surface area (Å²) >= 11 is 7.42. The Kier molecular flexibility index (Phi) is 5.98. The minimum absolute atomic E-state index is 0.236. The molecule has 0 aliphatic carbocycles. The monoisotopic (exact) mass is 362 g/mol. The molecular formula is C18H19ClN2O2S. The molecule has 24 heavy (non-hydrogen) atoms. The van der Waals surface area contributed by atoms with Gasteiger partial charge in [-0.05, 0) is 44.7 Å². The van der Waals surface area contributed by atoms with Crippen molar-refractivity contribution in [1.29, 1.82) is 5.26 Å². The Balaban J connectivity index is 2.60. The van der Waals surface area contributed by atoms with Crippen molar-refractivity contribution in [1.82, 2.24) is 5.32 Å². The third-order valence-electron chi connectivity index (χ3n) is 3.62. The third kappa shape index (κ3) is 3.77. The van der Waals surface area contributed by atoms with Gasteiger partial charge in [0.25, 0.3) is 0 Å². The molecule has 0 saturated heterocycles. The van der Waals surface area contributed by atoms with Gasteiger partial charge in [-0.3, -0.25) is 0 Å². The first-order valence-electron chi connectivity index (χ1n) is 7.51. The Labute approximate surface area is 151 Å². The highest BCUT2D eigenvalue weighted by molar-refractivity contribution is 8.02. The number of nitrogens with one attached hydrogen (secondary N) is 1. The summed E-state index contributed by atoms with van der Waals surface area (Å²) in [5.41, 5.74) is 2.49. The summed E-state index contributed by atoms with van der Waals surface area (Å²) in [7, 11) is 0. The molecule has 0 saturated carbocycles. The average Bonchev–Trinajstić information content (AvgIpc) is 2.53. The van der Waals surface area contributed by atoms with E-state index in [1.165, 1.54) is 11.8 Å². The molecule has 4 nitrogen and oxygen atoms in total. The molecule has 1 atom stereocenters. The molecule has 0 aromatic heterocycles. The number of rotatable bonds is 4. The molecule has 0 unspecified atom stereocenters. The summed E-state index contributed by atoms with van der Waals surface area (Å²) in [6.07, 6.45) is 1.66. The molecule has 1 heterocycles. The molecule has 0 fully saturated rings. The van der Waals surface area contributed by atoms with Crippen LogP contribution >= 0.6 is 23.4 Å². The van der Waals surface area contributed by atoms with Crippen LogP contribution in [-0.4, -0.2) is 18.3 Å². The summed E-state index contributed by atoms with van der Waals surface area (Å²) in [6, 6.07) is 9.44. The summed E-state index contributed by atoms with van der Waals surface area (Å²) in [6.45, 7) is 5.43. The molecule has 2 rings (SSSR count). The van der Waals surface area contributed by atoms with Gasteiger partial charge in [-0.1, -0.05) is 23.7 Å². The van der Waals surface area contributed by atoms with E-state index in [4.69, 9.17) is 16.3 Å². The predicted octanol–water partition coefficient (Wildman–Crippen LogP) is 4.35. The molecule has 1 N–H and O–H groups in total. The highest BCUT2D eigenvalue weighted by Crippen LogP contribution is 2.40. The molecule has 6 heteroatoms. The molecule has 0 amide bonds. The van der Waals surface area contributed by atoms with Gasteiger partial charge in [0.1, 0.15) is 0 Å². The Hall–Kier alpha value is -1.90. The van der Waals surface area contributed by atoms with Crippen LogP contribution in [0.25, 0.3) is 0 Å². The number of nitrogens with zero attached hydrogens (tertiary/aromatic N) is 1. The van der Waals surface area contributed by atoms with Gasteiger partial charge in [-0.25, -0.2) is 4.79 Å². The van der Waals surface area contributed by atoms with Crippen LogP contribution in [0, 0.1) is 11.3 Å². The molecular weight excluding hydrogens is 344 g/mol. The number of hydrogen-bond donors (Lipinski definition) is 1. The van der Waals surface area contributed by atoms with E-state index in [0.717, 1.165) is 10.6 Å². The summed E-state index contributed by atoms with van der Waals surface area (Å²) in [4.78, 5) is 12.6. The normalized spacial score (nSPS) is 17.6. The standard InChI is InChI=1S/C18H19ClN2O2S/c1-10(2)23-18(22)15-11(3)21-17(24-4)14(9-20)16(15)12-5-7-13(19)8-6-12/h5-8,10,16,21H,1-4H3/t16-/m1/s1. The van der Waals surface area contributed by atoms with Crippen molar-refractivity contribution in [2.24, 2.45) is 0 Å². The highest BCUT2D eigenvalue weighted by atomic mass is 35.5. The number of nitriles is 1. The molecule has 0 bridgehead atoms. The lowest BCUT2D eigenvalue weighted by atomic mass is 9.82. The van der Waals surface area contributed by atoms with Crippen molar-refractivity contribution >= 4 is 29.3 Å². The zero-order valence-electron chi connectivity index (χ0n) is 14.0. The van der Waals surface area contributed by atoms with Gasteiger partial charge in [0.15, 0.2) is 0 Å². The lowest BCUT2D eigenvalue weighted by molar-refractivity contribution is -0.143. The smallest absolute Gasteiger partial charge is 0.337 e. The van der Waals surface area contributed by atoms with E-state index in [-0.39, 0.29) is 6.10 Å². The first kappa shape index (κ1) is 18.4. The minimum Gasteiger partial charge on any atom is -0.460 e. The van der Waals surface area contributed by atoms with Crippen molar-refractivity contribution in [3.63, 3.8) is 0 Å². The van der Waals surface area contributed by atoms with Gasteiger partial charge in [0.2, 0.25) is 0 Å². The first-order chi connectivity index (χ1) is 11.4. The summed E-state index contributed by atoms with van der Waals surface area (Å²) in [5, 5.41) is 14.2. The number of dihydropyridines is 1. The largest absolute Gasteiger partial charge is 0.460 e. The van der Waals surface area contributed by atoms with E-state index in [1.807, 2.05) is 25.3 Å². The van der Waals surface area contributed by atoms with E-state index < -0.39 is 11.9 Å². The molecule has 1 aliphatic rings. The number of thioether (sulfide) groups is 1. The maximum atomic E-state index is 12.6. The fourth-order valence-corrected chi connectivity index (χ4v) is 3.37. The van der Waals surface area contributed by atoms with Crippen molar-refractivity contribution < 1.29 is 9.53 Å². The van der Waals surface area contributed by atoms with Gasteiger partial charge in [0, 0.05) is 10.7 Å². The van der Waals surface area contributed by atoms with Crippen LogP contribution in [0.4, 0.5) is 0 Å². The molecule has 126 valence electrons. The van der Waals surface area contributed by atoms with Crippen LogP contribution < -0.4 is 5.32 Å². The molecule has 0 radical (unpaired) electrons. The first-order valence-corrected chi connectivity index (χ1v) is 9.11. The number of hydrogen-bond acceptors (Lipinski definition) is 5. The summed E-state index contributed by atoms with van der Waals surface area (Å²) < 4.78 is 5.40. The van der Waals surface area contributed by atoms with Crippen molar-refractivity contribution in [3.05, 3.63) is 56.7 Å². The van der Waals surface area contributed by atoms with Crippen LogP contribution in [0.2, 0.25) is 5.02 Å². The molecule has 0 spiro atoms. The number of halogens is 1. The van der Waals surface area contributed by atoms with Crippen LogP contribution in [0.15, 0.2) is 46.1 Å².